The first-order valence-electron chi connectivity index (χ1n) is 22.8. The molecule has 0 bridgehead atoms. The van der Waals surface area contributed by atoms with Crippen molar-refractivity contribution in [1.29, 1.82) is 0 Å². The molecule has 2 unspecified atom stereocenters. The molecule has 22 heteroatoms. The normalized spacial score (nSPS) is 13.4. The minimum Gasteiger partial charge on any atom is -0.495 e. The van der Waals surface area contributed by atoms with Gasteiger partial charge in [-0.3, -0.25) is 23.4 Å². The number of nitrogens with zero attached hydrogens (tertiary/aromatic N) is 4. The lowest BCUT2D eigenvalue weighted by molar-refractivity contribution is 0.411. The van der Waals surface area contributed by atoms with E-state index in [2.05, 4.69) is 53.2 Å². The lowest BCUT2D eigenvalue weighted by Gasteiger charge is -2.15. The van der Waals surface area contributed by atoms with E-state index in [9.17, 15) is 30.8 Å². The summed E-state index contributed by atoms with van der Waals surface area (Å²) in [6.45, 7) is 0. The van der Waals surface area contributed by atoms with Gasteiger partial charge in [-0.25, -0.2) is 25.6 Å². The largest absolute Gasteiger partial charge is 0.495 e. The summed E-state index contributed by atoms with van der Waals surface area (Å²) in [6.07, 6.45) is 17.3. The summed E-state index contributed by atoms with van der Waals surface area (Å²) >= 11 is 3.09. The van der Waals surface area contributed by atoms with Crippen molar-refractivity contribution in [3.8, 4) is 47.1 Å². The quantitative estimate of drug-likeness (QED) is 0.101. The highest BCUT2D eigenvalue weighted by Crippen LogP contribution is 2.33. The second kappa shape index (κ2) is 25.2. The number of fused-ring (bicyclic) bond motifs is 2. The molecule has 15 nitrogen and oxygen atoms in total. The van der Waals surface area contributed by atoms with Gasteiger partial charge in [-0.15, -0.1) is 12.3 Å². The van der Waals surface area contributed by atoms with Crippen LogP contribution in [-0.2, 0) is 25.6 Å². The van der Waals surface area contributed by atoms with Gasteiger partial charge in [0.1, 0.15) is 41.4 Å². The number of anilines is 1. The predicted octanol–water partition coefficient (Wildman–Crippen LogP) is 10.3. The molecule has 10 rings (SSSR count). The van der Waals surface area contributed by atoms with Crippen molar-refractivity contribution in [2.75, 3.05) is 18.9 Å². The fourth-order valence-corrected chi connectivity index (χ4v) is 11.2. The minimum atomic E-state index is -3.94. The Morgan fingerprint density at radius 3 is 1.76 bits per heavy atom. The summed E-state index contributed by atoms with van der Waals surface area (Å²) in [5, 5.41) is 8.13. The molecule has 0 spiro atoms. The van der Waals surface area contributed by atoms with Crippen molar-refractivity contribution in [2.24, 2.45) is 11.8 Å². The maximum Gasteiger partial charge on any atom is 0.263 e. The van der Waals surface area contributed by atoms with Crippen LogP contribution in [0.1, 0.15) is 62.6 Å². The Balaban J connectivity index is 0.000000213. The topological polar surface area (TPSA) is 195 Å². The molecule has 2 saturated carbocycles. The van der Waals surface area contributed by atoms with Gasteiger partial charge in [0.2, 0.25) is 0 Å². The molecule has 75 heavy (non-hydrogen) atoms. The van der Waals surface area contributed by atoms with E-state index >= 15 is 4.39 Å². The Kier molecular flexibility index (Phi) is 19.4. The number of halogens is 3. The SMILES string of the molecule is C#CC1CCCC1.COc1cc(Br)c(F)cc1-n1c(=O)ccc2cc(S(=O)(=O)Nc3ccon3)ccc21.COc1cc(C#CC2CCCC2)c(F)cc1-n1c(=O)ccc2cc(S(=O)(=O)Cc3ccon3)ccc21.P.P. The van der Waals surface area contributed by atoms with Gasteiger partial charge >= 0.3 is 0 Å². The van der Waals surface area contributed by atoms with Crippen LogP contribution in [0.25, 0.3) is 33.2 Å². The monoisotopic (exact) mass is 1160 g/mol. The van der Waals surface area contributed by atoms with E-state index in [0.717, 1.165) is 25.7 Å². The van der Waals surface area contributed by atoms with Crippen LogP contribution in [0.4, 0.5) is 14.6 Å². The van der Waals surface area contributed by atoms with E-state index in [1.165, 1.54) is 159 Å². The van der Waals surface area contributed by atoms with E-state index < -0.39 is 42.6 Å². The van der Waals surface area contributed by atoms with Crippen molar-refractivity contribution in [2.45, 2.75) is 66.9 Å². The molecule has 0 saturated heterocycles. The van der Waals surface area contributed by atoms with Crippen LogP contribution in [0, 0.1) is 47.7 Å². The smallest absolute Gasteiger partial charge is 0.263 e. The number of nitrogens with one attached hydrogen (secondary N) is 1. The summed E-state index contributed by atoms with van der Waals surface area (Å²) in [4.78, 5) is 25.6. The first-order valence-corrected chi connectivity index (χ1v) is 26.8. The number of terminal acetylenes is 1. The lowest BCUT2D eigenvalue weighted by Crippen LogP contribution is -2.19. The molecular weight excluding hydrogens is 1110 g/mol. The summed E-state index contributed by atoms with van der Waals surface area (Å²) < 4.78 is 105. The average Bonchev–Trinajstić information content (AvgIpc) is 4.25. The van der Waals surface area contributed by atoms with Gasteiger partial charge in [-0.05, 0) is 96.2 Å². The average molecular weight is 1160 g/mol. The number of sulfonamides is 1. The highest BCUT2D eigenvalue weighted by molar-refractivity contribution is 9.10. The third-order valence-corrected chi connectivity index (χ3v) is 15.8. The molecule has 0 amide bonds. The Labute approximate surface area is 446 Å². The van der Waals surface area contributed by atoms with Crippen molar-refractivity contribution in [1.82, 2.24) is 19.4 Å². The molecule has 2 atom stereocenters. The molecule has 4 aromatic carbocycles. The van der Waals surface area contributed by atoms with Crippen molar-refractivity contribution in [3.63, 3.8) is 0 Å². The van der Waals surface area contributed by atoms with Gasteiger partial charge < -0.3 is 18.5 Å². The van der Waals surface area contributed by atoms with E-state index in [0.29, 0.717) is 27.7 Å². The van der Waals surface area contributed by atoms with Crippen molar-refractivity contribution in [3.05, 3.63) is 158 Å². The summed E-state index contributed by atoms with van der Waals surface area (Å²) in [5.41, 5.74) is 0.823. The highest BCUT2D eigenvalue weighted by Gasteiger charge is 2.22. The molecule has 392 valence electrons. The molecule has 0 aliphatic heterocycles. The van der Waals surface area contributed by atoms with E-state index in [4.69, 9.17) is 20.4 Å². The van der Waals surface area contributed by atoms with Gasteiger partial charge in [-0.2, -0.15) is 19.8 Å². The van der Waals surface area contributed by atoms with E-state index in [-0.39, 0.29) is 85.7 Å². The van der Waals surface area contributed by atoms with Gasteiger partial charge in [0.25, 0.3) is 21.1 Å². The molecular formula is C53H52BrF2N5O10P2S2. The first-order chi connectivity index (χ1) is 35.1. The van der Waals surface area contributed by atoms with Gasteiger partial charge in [0.15, 0.2) is 15.7 Å². The number of rotatable bonds is 10. The maximum absolute atomic E-state index is 15.1. The molecule has 4 heterocycles. The third kappa shape index (κ3) is 13.4. The van der Waals surface area contributed by atoms with Crippen LogP contribution in [0.5, 0.6) is 11.5 Å². The molecule has 0 radical (unpaired) electrons. The van der Waals surface area contributed by atoms with Gasteiger partial charge in [-0.1, -0.05) is 47.8 Å². The van der Waals surface area contributed by atoms with Crippen LogP contribution in [0.15, 0.2) is 142 Å². The van der Waals surface area contributed by atoms with E-state index in [1.54, 1.807) is 0 Å². The first kappa shape index (κ1) is 57.6. The van der Waals surface area contributed by atoms with Gasteiger partial charge in [0.05, 0.1) is 62.1 Å². The second-order valence-electron chi connectivity index (χ2n) is 17.0. The Morgan fingerprint density at radius 1 is 0.693 bits per heavy atom. The molecule has 4 aromatic heterocycles. The number of sulfone groups is 1. The van der Waals surface area contributed by atoms with Crippen LogP contribution >= 0.6 is 35.7 Å². The van der Waals surface area contributed by atoms with Crippen LogP contribution in [-0.4, -0.2) is 50.5 Å². The predicted molar refractivity (Wildman–Crippen MR) is 296 cm³/mol. The lowest BCUT2D eigenvalue weighted by atomic mass is 10.1. The molecule has 8 aromatic rings. The van der Waals surface area contributed by atoms with Crippen LogP contribution < -0.4 is 25.3 Å². The third-order valence-electron chi connectivity index (χ3n) is 12.2. The number of benzene rings is 4. The van der Waals surface area contributed by atoms with Crippen molar-refractivity contribution < 1.29 is 44.1 Å². The molecule has 1 N–H and O–H groups in total. The summed E-state index contributed by atoms with van der Waals surface area (Å²) in [7, 11) is -4.81. The molecule has 2 aliphatic carbocycles. The van der Waals surface area contributed by atoms with Crippen molar-refractivity contribution >= 4 is 83.2 Å². The zero-order valence-corrected chi connectivity index (χ0v) is 46.8. The van der Waals surface area contributed by atoms with E-state index in [1.807, 2.05) is 0 Å². The Morgan fingerprint density at radius 2 is 1.23 bits per heavy atom. The zero-order valence-electron chi connectivity index (χ0n) is 40.7. The number of methoxy groups -OCH3 is 2. The molecule has 2 fully saturated rings. The summed E-state index contributed by atoms with van der Waals surface area (Å²) in [5.74, 6) is 8.86. The summed E-state index contributed by atoms with van der Waals surface area (Å²) in [6, 6.07) is 22.4. The maximum atomic E-state index is 15.1. The highest BCUT2D eigenvalue weighted by atomic mass is 79.9. The number of aromatic nitrogens is 4. The Hall–Kier alpha value is -6.66. The van der Waals surface area contributed by atoms with Crippen LogP contribution in [0.2, 0.25) is 0 Å². The van der Waals surface area contributed by atoms with Crippen LogP contribution in [0.3, 0.4) is 0 Å². The standard InChI is InChI=1S/C27H23FN2O5S.C19H13BrFN3O5S.C7H10.2H3P/c1-34-26-15-19(7-6-18-4-2-3-5-18)23(28)16-25(26)30-24-10-9-22(14-20(24)8-11-27(30)31)36(32,33)17-21-12-13-35-29-21;1-28-17-9-13(20)14(21)10-16(17)24-15-4-3-12(8-11(15)2-5-19(24)25)30(26,27)23-18-6-7-29-22-18;1-2-7-5-3-4-6-7;;/h8-16,18H,2-5,17H2,1H3;2-10H,1H3,(H,22,23);1,7H,3-6H2;2*1H3. The fraction of sp³-hybridized carbons (Fsp3) is 0.245. The molecule has 2 aliphatic rings. The zero-order chi connectivity index (χ0) is 51.9. The minimum absolute atomic E-state index is 0. The Bertz CT molecular complexity index is 3790. The fourth-order valence-electron chi connectivity index (χ4n) is 8.53. The number of hydrogen-bond acceptors (Lipinski definition) is 12. The number of hydrogen-bond donors (Lipinski definition) is 1. The number of pyridine rings is 2. The van der Waals surface area contributed by atoms with Gasteiger partial charge in [0, 0.05) is 65.1 Å². The second-order valence-corrected chi connectivity index (χ2v) is 21.6. The number of ether oxygens (including phenoxy) is 2.